The van der Waals surface area contributed by atoms with Crippen molar-refractivity contribution in [3.63, 3.8) is 0 Å². The summed E-state index contributed by atoms with van der Waals surface area (Å²) in [4.78, 5) is 0. The van der Waals surface area contributed by atoms with E-state index in [-0.39, 0.29) is 6.10 Å². The number of hydrogen-bond acceptors (Lipinski definition) is 3. The molecule has 13 heavy (non-hydrogen) atoms. The summed E-state index contributed by atoms with van der Waals surface area (Å²) in [5, 5.41) is 18.9. The average Bonchev–Trinajstić information content (AvgIpc) is 2.86. The second kappa shape index (κ2) is 2.71. The fourth-order valence-electron chi connectivity index (χ4n) is 1.54. The van der Waals surface area contributed by atoms with Gasteiger partial charge in [0.2, 0.25) is 0 Å². The van der Waals surface area contributed by atoms with E-state index >= 15 is 0 Å². The molecule has 2 aliphatic rings. The van der Waals surface area contributed by atoms with Gasteiger partial charge in [-0.05, 0) is 6.08 Å². The second-order valence-corrected chi connectivity index (χ2v) is 3.13. The summed E-state index contributed by atoms with van der Waals surface area (Å²) < 4.78 is 5.21. The molecular formula is C10H10O3. The van der Waals surface area contributed by atoms with Crippen LogP contribution < -0.4 is 0 Å². The van der Waals surface area contributed by atoms with Crippen LogP contribution in [0.25, 0.3) is 0 Å². The third-order valence-corrected chi connectivity index (χ3v) is 2.30. The lowest BCUT2D eigenvalue weighted by Crippen LogP contribution is -2.36. The first-order valence-corrected chi connectivity index (χ1v) is 4.06. The van der Waals surface area contributed by atoms with E-state index in [1.165, 1.54) is 18.2 Å². The molecule has 0 aromatic rings. The first-order valence-electron chi connectivity index (χ1n) is 4.06. The maximum atomic E-state index is 9.55. The van der Waals surface area contributed by atoms with Gasteiger partial charge < -0.3 is 14.9 Å². The third-order valence-electron chi connectivity index (χ3n) is 2.30. The Morgan fingerprint density at radius 1 is 1.46 bits per heavy atom. The molecule has 0 bridgehead atoms. The maximum Gasteiger partial charge on any atom is 0.187 e. The van der Waals surface area contributed by atoms with E-state index in [1.807, 2.05) is 0 Å². The van der Waals surface area contributed by atoms with Gasteiger partial charge in [-0.25, -0.2) is 0 Å². The summed E-state index contributed by atoms with van der Waals surface area (Å²) in [7, 11) is 0. The standard InChI is InChI=1S/C10H10O3/c1-2-3-6-10-8(12)5-4-7(11)9(10)13-10/h2,4-5,7-9,11-12H,1H2. The molecule has 3 heteroatoms. The van der Waals surface area contributed by atoms with Crippen LogP contribution in [0.2, 0.25) is 0 Å². The molecule has 3 nitrogen and oxygen atoms in total. The minimum absolute atomic E-state index is 0.389. The number of fused-ring (bicyclic) bond motifs is 1. The predicted octanol–water partition coefficient (Wildman–Crippen LogP) is -0.395. The van der Waals surface area contributed by atoms with Crippen molar-refractivity contribution in [2.24, 2.45) is 0 Å². The number of aliphatic hydroxyl groups is 2. The first kappa shape index (κ1) is 8.52. The Morgan fingerprint density at radius 3 is 2.92 bits per heavy atom. The zero-order chi connectivity index (χ0) is 9.47. The highest BCUT2D eigenvalue weighted by atomic mass is 16.6. The molecule has 2 N–H and O–H groups in total. The summed E-state index contributed by atoms with van der Waals surface area (Å²) in [6, 6.07) is 0. The monoisotopic (exact) mass is 178 g/mol. The van der Waals surface area contributed by atoms with Crippen molar-refractivity contribution in [2.75, 3.05) is 0 Å². The van der Waals surface area contributed by atoms with Crippen LogP contribution in [-0.2, 0) is 4.74 Å². The zero-order valence-corrected chi connectivity index (χ0v) is 6.97. The Balaban J connectivity index is 2.27. The SMILES string of the molecule is C=CC#CC12OC1C(O)C=CC2O. The van der Waals surface area contributed by atoms with Crippen LogP contribution in [0.5, 0.6) is 0 Å². The summed E-state index contributed by atoms with van der Waals surface area (Å²) >= 11 is 0. The molecule has 0 amide bonds. The molecular weight excluding hydrogens is 168 g/mol. The van der Waals surface area contributed by atoms with Crippen LogP contribution in [0.3, 0.4) is 0 Å². The Kier molecular flexibility index (Phi) is 1.77. The summed E-state index contributed by atoms with van der Waals surface area (Å²) in [5.41, 5.74) is -0.887. The van der Waals surface area contributed by atoms with Gasteiger partial charge in [0.25, 0.3) is 0 Å². The molecule has 1 aliphatic heterocycles. The van der Waals surface area contributed by atoms with Crippen molar-refractivity contribution >= 4 is 0 Å². The highest BCUT2D eigenvalue weighted by Crippen LogP contribution is 2.44. The summed E-state index contributed by atoms with van der Waals surface area (Å²) in [6.45, 7) is 3.45. The van der Waals surface area contributed by atoms with E-state index in [4.69, 9.17) is 4.74 Å². The molecule has 1 heterocycles. The molecule has 2 rings (SSSR count). The molecule has 1 aliphatic carbocycles. The minimum Gasteiger partial charge on any atom is -0.386 e. The van der Waals surface area contributed by atoms with Crippen LogP contribution >= 0.6 is 0 Å². The van der Waals surface area contributed by atoms with Gasteiger partial charge in [0, 0.05) is 0 Å². The van der Waals surface area contributed by atoms with Crippen molar-refractivity contribution in [1.82, 2.24) is 0 Å². The number of rotatable bonds is 0. The molecule has 1 fully saturated rings. The van der Waals surface area contributed by atoms with E-state index in [0.717, 1.165) is 0 Å². The average molecular weight is 178 g/mol. The highest BCUT2D eigenvalue weighted by Gasteiger charge is 2.64. The van der Waals surface area contributed by atoms with Crippen LogP contribution in [0.4, 0.5) is 0 Å². The maximum absolute atomic E-state index is 9.55. The van der Waals surface area contributed by atoms with Gasteiger partial charge in [0.1, 0.15) is 18.3 Å². The molecule has 0 spiro atoms. The van der Waals surface area contributed by atoms with Crippen LogP contribution in [0, 0.1) is 11.8 Å². The first-order chi connectivity index (χ1) is 6.20. The lowest BCUT2D eigenvalue weighted by atomic mass is 9.90. The Labute approximate surface area is 76.3 Å². The molecule has 0 aromatic carbocycles. The van der Waals surface area contributed by atoms with E-state index in [0.29, 0.717) is 0 Å². The summed E-state index contributed by atoms with van der Waals surface area (Å²) in [6.07, 6.45) is 2.66. The van der Waals surface area contributed by atoms with Crippen molar-refractivity contribution in [3.8, 4) is 11.8 Å². The largest absolute Gasteiger partial charge is 0.386 e. The fourth-order valence-corrected chi connectivity index (χ4v) is 1.54. The second-order valence-electron chi connectivity index (χ2n) is 3.13. The minimum atomic E-state index is -0.887. The number of hydrogen-bond donors (Lipinski definition) is 2. The normalized spacial score (nSPS) is 45.8. The number of ether oxygens (including phenoxy) is 1. The van der Waals surface area contributed by atoms with E-state index < -0.39 is 17.8 Å². The topological polar surface area (TPSA) is 53.0 Å². The Bertz CT molecular complexity index is 323. The highest BCUT2D eigenvalue weighted by molar-refractivity contribution is 5.38. The Hall–Kier alpha value is -1.08. The number of allylic oxidation sites excluding steroid dienone is 1. The van der Waals surface area contributed by atoms with Crippen molar-refractivity contribution in [3.05, 3.63) is 24.8 Å². The summed E-state index contributed by atoms with van der Waals surface area (Å²) in [5.74, 6) is 5.39. The number of aliphatic hydroxyl groups excluding tert-OH is 2. The van der Waals surface area contributed by atoms with Crippen molar-refractivity contribution in [2.45, 2.75) is 23.9 Å². The molecule has 68 valence electrons. The van der Waals surface area contributed by atoms with Gasteiger partial charge in [-0.1, -0.05) is 30.6 Å². The van der Waals surface area contributed by atoms with Gasteiger partial charge in [0.05, 0.1) is 0 Å². The molecule has 4 unspecified atom stereocenters. The van der Waals surface area contributed by atoms with Gasteiger partial charge in [-0.2, -0.15) is 0 Å². The van der Waals surface area contributed by atoms with E-state index in [2.05, 4.69) is 18.4 Å². The quantitative estimate of drug-likeness (QED) is 0.301. The molecule has 0 saturated carbocycles. The van der Waals surface area contributed by atoms with Gasteiger partial charge in [-0.15, -0.1) is 0 Å². The third kappa shape index (κ3) is 1.11. The molecule has 0 radical (unpaired) electrons. The van der Waals surface area contributed by atoms with E-state index in [9.17, 15) is 10.2 Å². The smallest absolute Gasteiger partial charge is 0.187 e. The molecule has 4 atom stereocenters. The van der Waals surface area contributed by atoms with Gasteiger partial charge >= 0.3 is 0 Å². The molecule has 0 aromatic heterocycles. The fraction of sp³-hybridized carbons (Fsp3) is 0.400. The van der Waals surface area contributed by atoms with Crippen LogP contribution in [0.15, 0.2) is 24.8 Å². The lowest BCUT2D eigenvalue weighted by molar-refractivity contribution is 0.144. The molecule has 1 saturated heterocycles. The van der Waals surface area contributed by atoms with Crippen LogP contribution in [-0.4, -0.2) is 34.1 Å². The van der Waals surface area contributed by atoms with E-state index in [1.54, 1.807) is 0 Å². The zero-order valence-electron chi connectivity index (χ0n) is 6.97. The Morgan fingerprint density at radius 2 is 2.23 bits per heavy atom. The van der Waals surface area contributed by atoms with Crippen molar-refractivity contribution < 1.29 is 14.9 Å². The van der Waals surface area contributed by atoms with Crippen molar-refractivity contribution in [1.29, 1.82) is 0 Å². The van der Waals surface area contributed by atoms with Crippen LogP contribution in [0.1, 0.15) is 0 Å². The van der Waals surface area contributed by atoms with Gasteiger partial charge in [0.15, 0.2) is 5.60 Å². The van der Waals surface area contributed by atoms with Gasteiger partial charge in [-0.3, -0.25) is 0 Å². The predicted molar refractivity (Wildman–Crippen MR) is 46.7 cm³/mol. The lowest BCUT2D eigenvalue weighted by Gasteiger charge is -2.16. The number of epoxide rings is 1.